The van der Waals surface area contributed by atoms with Crippen molar-refractivity contribution < 1.29 is 4.39 Å². The van der Waals surface area contributed by atoms with E-state index in [2.05, 4.69) is 0 Å². The predicted molar refractivity (Wildman–Crippen MR) is 77.5 cm³/mol. The summed E-state index contributed by atoms with van der Waals surface area (Å²) in [5.74, 6) is -0.395. The van der Waals surface area contributed by atoms with Crippen molar-refractivity contribution in [2.24, 2.45) is 0 Å². The molecule has 4 heteroatoms. The third-order valence-electron chi connectivity index (χ3n) is 3.10. The fourth-order valence-corrected chi connectivity index (χ4v) is 2.51. The van der Waals surface area contributed by atoms with Crippen molar-refractivity contribution in [3.05, 3.63) is 70.1 Å². The molecular weight excluding hydrogens is 284 g/mol. The monoisotopic (exact) mass is 293 g/mol. The Kier molecular flexibility index (Phi) is 3.21. The van der Waals surface area contributed by atoms with E-state index < -0.39 is 5.82 Å². The van der Waals surface area contributed by atoms with E-state index in [1.165, 1.54) is 6.07 Å². The third-order valence-corrected chi connectivity index (χ3v) is 3.73. The Bertz CT molecular complexity index is 749. The number of hydrogen-bond donors (Lipinski definition) is 0. The fraction of sp³-hybridized carbons (Fsp3) is 0.0667. The molecule has 0 spiro atoms. The Hall–Kier alpha value is -1.51. The molecule has 3 rings (SSSR count). The van der Waals surface area contributed by atoms with Gasteiger partial charge in [0.2, 0.25) is 0 Å². The number of rotatable bonds is 2. The summed E-state index contributed by atoms with van der Waals surface area (Å²) in [6.45, 7) is 0.581. The van der Waals surface area contributed by atoms with Gasteiger partial charge in [0.15, 0.2) is 0 Å². The van der Waals surface area contributed by atoms with E-state index in [4.69, 9.17) is 23.2 Å². The molecule has 3 aromatic rings. The highest BCUT2D eigenvalue weighted by atomic mass is 35.5. The van der Waals surface area contributed by atoms with Crippen molar-refractivity contribution in [1.82, 2.24) is 4.57 Å². The zero-order chi connectivity index (χ0) is 13.4. The maximum Gasteiger partial charge on any atom is 0.142 e. The quantitative estimate of drug-likeness (QED) is 0.617. The summed E-state index contributed by atoms with van der Waals surface area (Å²) in [5, 5.41) is 1.86. The average molecular weight is 294 g/mol. The molecule has 19 heavy (non-hydrogen) atoms. The summed E-state index contributed by atoms with van der Waals surface area (Å²) in [5.41, 5.74) is 1.89. The van der Waals surface area contributed by atoms with Crippen LogP contribution in [-0.2, 0) is 6.54 Å². The molecule has 1 heterocycles. The van der Waals surface area contributed by atoms with Gasteiger partial charge in [-0.25, -0.2) is 4.39 Å². The van der Waals surface area contributed by atoms with Crippen LogP contribution in [-0.4, -0.2) is 4.57 Å². The molecule has 0 aliphatic rings. The minimum Gasteiger partial charge on any atom is -0.343 e. The summed E-state index contributed by atoms with van der Waals surface area (Å²) in [4.78, 5) is 0. The molecule has 0 radical (unpaired) electrons. The molecule has 0 aliphatic carbocycles. The molecular formula is C15H10Cl2FN. The van der Waals surface area contributed by atoms with E-state index in [0.717, 1.165) is 21.5 Å². The first-order chi connectivity index (χ1) is 9.15. The van der Waals surface area contributed by atoms with Crippen molar-refractivity contribution in [3.63, 3.8) is 0 Å². The van der Waals surface area contributed by atoms with E-state index in [0.29, 0.717) is 6.54 Å². The second-order valence-corrected chi connectivity index (χ2v) is 5.18. The fourth-order valence-electron chi connectivity index (χ4n) is 2.16. The predicted octanol–water partition coefficient (Wildman–Crippen LogP) is 5.14. The zero-order valence-corrected chi connectivity index (χ0v) is 11.4. The van der Waals surface area contributed by atoms with Crippen LogP contribution in [0.2, 0.25) is 10.0 Å². The minimum atomic E-state index is -0.395. The van der Waals surface area contributed by atoms with E-state index in [1.54, 1.807) is 6.07 Å². The molecule has 0 N–H and O–H groups in total. The minimum absolute atomic E-state index is 0.143. The van der Waals surface area contributed by atoms with Crippen molar-refractivity contribution in [2.75, 3.05) is 0 Å². The number of fused-ring (bicyclic) bond motifs is 1. The molecule has 0 atom stereocenters. The molecule has 1 aromatic heterocycles. The first-order valence-corrected chi connectivity index (χ1v) is 6.58. The van der Waals surface area contributed by atoms with Crippen molar-refractivity contribution in [3.8, 4) is 0 Å². The van der Waals surface area contributed by atoms with Gasteiger partial charge >= 0.3 is 0 Å². The van der Waals surface area contributed by atoms with Gasteiger partial charge in [0.05, 0.1) is 5.02 Å². The highest BCUT2D eigenvalue weighted by Gasteiger charge is 2.06. The van der Waals surface area contributed by atoms with Crippen LogP contribution in [0.1, 0.15) is 5.56 Å². The number of hydrogen-bond acceptors (Lipinski definition) is 0. The van der Waals surface area contributed by atoms with Gasteiger partial charge in [-0.2, -0.15) is 0 Å². The van der Waals surface area contributed by atoms with Crippen molar-refractivity contribution in [1.29, 1.82) is 0 Å². The Morgan fingerprint density at radius 3 is 2.63 bits per heavy atom. The second kappa shape index (κ2) is 4.87. The van der Waals surface area contributed by atoms with E-state index in [-0.39, 0.29) is 5.02 Å². The Labute approximate surface area is 120 Å². The van der Waals surface area contributed by atoms with Gasteiger partial charge in [-0.3, -0.25) is 0 Å². The zero-order valence-electron chi connectivity index (χ0n) is 9.91. The molecule has 0 saturated carbocycles. The first-order valence-electron chi connectivity index (χ1n) is 5.82. The lowest BCUT2D eigenvalue weighted by Gasteiger charge is -2.06. The summed E-state index contributed by atoms with van der Waals surface area (Å²) in [6, 6.07) is 12.6. The molecule has 96 valence electrons. The largest absolute Gasteiger partial charge is 0.343 e. The molecule has 0 amide bonds. The van der Waals surface area contributed by atoms with E-state index >= 15 is 0 Å². The summed E-state index contributed by atoms with van der Waals surface area (Å²) >= 11 is 11.8. The van der Waals surface area contributed by atoms with Gasteiger partial charge in [0.25, 0.3) is 0 Å². The summed E-state index contributed by atoms with van der Waals surface area (Å²) < 4.78 is 15.5. The van der Waals surface area contributed by atoms with Gasteiger partial charge in [-0.1, -0.05) is 35.3 Å². The number of halogens is 3. The summed E-state index contributed by atoms with van der Waals surface area (Å²) in [7, 11) is 0. The lowest BCUT2D eigenvalue weighted by molar-refractivity contribution is 0.624. The van der Waals surface area contributed by atoms with Crippen LogP contribution in [0.3, 0.4) is 0 Å². The van der Waals surface area contributed by atoms with Crippen LogP contribution in [0.15, 0.2) is 48.7 Å². The van der Waals surface area contributed by atoms with Crippen LogP contribution in [0.5, 0.6) is 0 Å². The summed E-state index contributed by atoms with van der Waals surface area (Å²) in [6.07, 6.45) is 1.95. The highest BCUT2D eigenvalue weighted by Crippen LogP contribution is 2.25. The SMILES string of the molecule is Fc1cc(Cn2ccc3c(Cl)cccc32)ccc1Cl. The molecule has 0 unspecified atom stereocenters. The lowest BCUT2D eigenvalue weighted by Crippen LogP contribution is -1.98. The van der Waals surface area contributed by atoms with E-state index in [1.807, 2.05) is 41.1 Å². The van der Waals surface area contributed by atoms with Crippen LogP contribution >= 0.6 is 23.2 Å². The molecule has 0 fully saturated rings. The van der Waals surface area contributed by atoms with Crippen LogP contribution in [0.4, 0.5) is 4.39 Å². The van der Waals surface area contributed by atoms with Crippen molar-refractivity contribution in [2.45, 2.75) is 6.54 Å². The van der Waals surface area contributed by atoms with Gasteiger partial charge in [-0.05, 0) is 35.9 Å². The average Bonchev–Trinajstić information content (AvgIpc) is 2.79. The number of nitrogens with zero attached hydrogens (tertiary/aromatic N) is 1. The smallest absolute Gasteiger partial charge is 0.142 e. The van der Waals surface area contributed by atoms with Gasteiger partial charge < -0.3 is 4.57 Å². The maximum atomic E-state index is 13.4. The molecule has 0 saturated heterocycles. The first kappa shape index (κ1) is 12.5. The van der Waals surface area contributed by atoms with Gasteiger partial charge in [0.1, 0.15) is 5.82 Å². The second-order valence-electron chi connectivity index (χ2n) is 4.36. The molecule has 0 aliphatic heterocycles. The van der Waals surface area contributed by atoms with Crippen LogP contribution < -0.4 is 0 Å². The Balaban J connectivity index is 2.01. The molecule has 1 nitrogen and oxygen atoms in total. The van der Waals surface area contributed by atoms with Crippen molar-refractivity contribution >= 4 is 34.1 Å². The number of benzene rings is 2. The Morgan fingerprint density at radius 2 is 1.84 bits per heavy atom. The number of aromatic nitrogens is 1. The topological polar surface area (TPSA) is 4.93 Å². The van der Waals surface area contributed by atoms with Crippen LogP contribution in [0.25, 0.3) is 10.9 Å². The molecule has 0 bridgehead atoms. The Morgan fingerprint density at radius 1 is 1.00 bits per heavy atom. The highest BCUT2D eigenvalue weighted by molar-refractivity contribution is 6.35. The maximum absolute atomic E-state index is 13.4. The molecule has 2 aromatic carbocycles. The third kappa shape index (κ3) is 2.34. The van der Waals surface area contributed by atoms with Gasteiger partial charge in [0, 0.05) is 28.7 Å². The lowest BCUT2D eigenvalue weighted by atomic mass is 10.2. The normalized spacial score (nSPS) is 11.1. The van der Waals surface area contributed by atoms with E-state index in [9.17, 15) is 4.39 Å². The standard InChI is InChI=1S/C15H10Cl2FN/c16-12-2-1-3-15-11(12)6-7-19(15)9-10-4-5-13(17)14(18)8-10/h1-8H,9H2. The van der Waals surface area contributed by atoms with Crippen LogP contribution in [0, 0.1) is 5.82 Å². The van der Waals surface area contributed by atoms with Gasteiger partial charge in [-0.15, -0.1) is 0 Å².